The quantitative estimate of drug-likeness (QED) is 0.926. The van der Waals surface area contributed by atoms with E-state index in [0.29, 0.717) is 18.6 Å². The minimum absolute atomic E-state index is 0.161. The molecule has 2 atom stereocenters. The van der Waals surface area contributed by atoms with Gasteiger partial charge in [0.05, 0.1) is 31.5 Å². The molecule has 0 saturated carbocycles. The van der Waals surface area contributed by atoms with Crippen molar-refractivity contribution in [1.82, 2.24) is 10.3 Å². The number of rotatable bonds is 4. The van der Waals surface area contributed by atoms with Gasteiger partial charge in [0, 0.05) is 11.5 Å². The summed E-state index contributed by atoms with van der Waals surface area (Å²) >= 11 is 0. The Morgan fingerprint density at radius 3 is 2.86 bits per heavy atom. The number of hydrogen-bond acceptors (Lipinski definition) is 5. The van der Waals surface area contributed by atoms with E-state index < -0.39 is 0 Å². The van der Waals surface area contributed by atoms with Crippen LogP contribution in [0.2, 0.25) is 0 Å². The SMILES string of the molecule is CCOc1cccc(C2NN=C3C4CCN(CC4)C32)c1OC. The van der Waals surface area contributed by atoms with Crippen LogP contribution in [-0.2, 0) is 0 Å². The number of para-hydroxylation sites is 1. The van der Waals surface area contributed by atoms with Crippen LogP contribution in [0.15, 0.2) is 23.3 Å². The lowest BCUT2D eigenvalue weighted by atomic mass is 9.78. The lowest BCUT2D eigenvalue weighted by molar-refractivity contribution is 0.133. The number of hydrogen-bond donors (Lipinski definition) is 1. The average molecular weight is 301 g/mol. The van der Waals surface area contributed by atoms with Crippen molar-refractivity contribution in [1.29, 1.82) is 0 Å². The molecule has 22 heavy (non-hydrogen) atoms. The molecule has 1 aromatic carbocycles. The van der Waals surface area contributed by atoms with Gasteiger partial charge in [-0.2, -0.15) is 5.10 Å². The first-order chi connectivity index (χ1) is 10.8. The van der Waals surface area contributed by atoms with Crippen LogP contribution < -0.4 is 14.9 Å². The monoisotopic (exact) mass is 301 g/mol. The summed E-state index contributed by atoms with van der Waals surface area (Å²) in [4.78, 5) is 2.57. The predicted molar refractivity (Wildman–Crippen MR) is 85.6 cm³/mol. The minimum Gasteiger partial charge on any atom is -0.492 e. The van der Waals surface area contributed by atoms with E-state index in [2.05, 4.69) is 21.5 Å². The van der Waals surface area contributed by atoms with Crippen LogP contribution in [0.5, 0.6) is 11.5 Å². The van der Waals surface area contributed by atoms with Gasteiger partial charge in [-0.25, -0.2) is 0 Å². The van der Waals surface area contributed by atoms with Gasteiger partial charge in [0.2, 0.25) is 0 Å². The summed E-state index contributed by atoms with van der Waals surface area (Å²) in [5.74, 6) is 2.31. The molecular formula is C17H23N3O2. The molecule has 2 bridgehead atoms. The van der Waals surface area contributed by atoms with Crippen molar-refractivity contribution in [2.24, 2.45) is 11.0 Å². The maximum Gasteiger partial charge on any atom is 0.166 e. The molecule has 1 N–H and O–H groups in total. The molecule has 0 amide bonds. The molecule has 5 heteroatoms. The van der Waals surface area contributed by atoms with Crippen LogP contribution in [0, 0.1) is 5.92 Å². The van der Waals surface area contributed by atoms with Crippen LogP contribution in [0.1, 0.15) is 31.4 Å². The smallest absolute Gasteiger partial charge is 0.166 e. The van der Waals surface area contributed by atoms with Crippen molar-refractivity contribution in [3.63, 3.8) is 0 Å². The number of piperidine rings is 3. The molecule has 4 aliphatic rings. The van der Waals surface area contributed by atoms with Crippen molar-refractivity contribution in [3.05, 3.63) is 23.8 Å². The molecule has 0 radical (unpaired) electrons. The Bertz CT molecular complexity index is 594. The van der Waals surface area contributed by atoms with Crippen LogP contribution in [0.4, 0.5) is 0 Å². The van der Waals surface area contributed by atoms with E-state index in [1.165, 1.54) is 31.6 Å². The molecule has 1 aromatic rings. The molecule has 2 unspecified atom stereocenters. The lowest BCUT2D eigenvalue weighted by Crippen LogP contribution is -2.56. The maximum absolute atomic E-state index is 5.72. The Labute approximate surface area is 131 Å². The van der Waals surface area contributed by atoms with E-state index in [9.17, 15) is 0 Å². The van der Waals surface area contributed by atoms with Gasteiger partial charge in [0.1, 0.15) is 0 Å². The van der Waals surface area contributed by atoms with E-state index in [4.69, 9.17) is 9.47 Å². The minimum atomic E-state index is 0.161. The molecule has 118 valence electrons. The number of hydrazone groups is 1. The summed E-state index contributed by atoms with van der Waals surface area (Å²) in [6.45, 7) is 4.99. The van der Waals surface area contributed by atoms with Gasteiger partial charge in [-0.15, -0.1) is 0 Å². The standard InChI is InChI=1S/C17H23N3O2/c1-3-22-13-6-4-5-12(17(13)21-2)15-16-14(18-19-15)11-7-9-20(16)10-8-11/h4-6,11,15-16,19H,3,7-10H2,1-2H3. The number of benzene rings is 1. The highest BCUT2D eigenvalue weighted by Crippen LogP contribution is 2.43. The molecular weight excluding hydrogens is 278 g/mol. The van der Waals surface area contributed by atoms with Gasteiger partial charge in [-0.3, -0.25) is 4.90 Å². The highest BCUT2D eigenvalue weighted by atomic mass is 16.5. The van der Waals surface area contributed by atoms with Gasteiger partial charge in [0.25, 0.3) is 0 Å². The van der Waals surface area contributed by atoms with Crippen molar-refractivity contribution in [2.45, 2.75) is 31.8 Å². The first-order valence-electron chi connectivity index (χ1n) is 8.20. The molecule has 4 heterocycles. The fourth-order valence-corrected chi connectivity index (χ4v) is 4.16. The third-order valence-electron chi connectivity index (χ3n) is 5.14. The summed E-state index contributed by atoms with van der Waals surface area (Å²) in [7, 11) is 1.71. The number of nitrogens with zero attached hydrogens (tertiary/aromatic N) is 2. The molecule has 0 aromatic heterocycles. The average Bonchev–Trinajstić information content (AvgIpc) is 3.03. The molecule has 0 aliphatic carbocycles. The van der Waals surface area contributed by atoms with Crippen molar-refractivity contribution >= 4 is 5.71 Å². The molecule has 5 rings (SSSR count). The fraction of sp³-hybridized carbons (Fsp3) is 0.588. The molecule has 3 saturated heterocycles. The van der Waals surface area contributed by atoms with Gasteiger partial charge in [-0.05, 0) is 38.9 Å². The van der Waals surface area contributed by atoms with E-state index >= 15 is 0 Å². The second-order valence-corrected chi connectivity index (χ2v) is 6.21. The molecule has 5 nitrogen and oxygen atoms in total. The maximum atomic E-state index is 5.72. The molecule has 0 spiro atoms. The van der Waals surface area contributed by atoms with Crippen LogP contribution in [-0.4, -0.2) is 43.5 Å². The Morgan fingerprint density at radius 1 is 1.32 bits per heavy atom. The second-order valence-electron chi connectivity index (χ2n) is 6.21. The number of ether oxygens (including phenoxy) is 2. The zero-order chi connectivity index (χ0) is 15.1. The predicted octanol–water partition coefficient (Wildman–Crippen LogP) is 2.19. The number of methoxy groups -OCH3 is 1. The van der Waals surface area contributed by atoms with Crippen LogP contribution >= 0.6 is 0 Å². The normalized spacial score (nSPS) is 32.2. The molecule has 4 aliphatic heterocycles. The van der Waals surface area contributed by atoms with E-state index in [-0.39, 0.29) is 6.04 Å². The van der Waals surface area contributed by atoms with E-state index in [0.717, 1.165) is 17.1 Å². The summed E-state index contributed by atoms with van der Waals surface area (Å²) < 4.78 is 11.4. The zero-order valence-corrected chi connectivity index (χ0v) is 13.2. The van der Waals surface area contributed by atoms with E-state index in [1.807, 2.05) is 19.1 Å². The van der Waals surface area contributed by atoms with Gasteiger partial charge >= 0.3 is 0 Å². The Morgan fingerprint density at radius 2 is 2.14 bits per heavy atom. The Kier molecular flexibility index (Phi) is 3.45. The number of nitrogens with one attached hydrogen (secondary N) is 1. The van der Waals surface area contributed by atoms with Gasteiger partial charge < -0.3 is 14.9 Å². The first-order valence-corrected chi connectivity index (χ1v) is 8.20. The zero-order valence-electron chi connectivity index (χ0n) is 13.2. The van der Waals surface area contributed by atoms with Crippen LogP contribution in [0.25, 0.3) is 0 Å². The van der Waals surface area contributed by atoms with Gasteiger partial charge in [-0.1, -0.05) is 12.1 Å². The van der Waals surface area contributed by atoms with Crippen molar-refractivity contribution < 1.29 is 9.47 Å². The summed E-state index contributed by atoms with van der Waals surface area (Å²) in [6, 6.07) is 6.67. The fourth-order valence-electron chi connectivity index (χ4n) is 4.16. The Hall–Kier alpha value is -1.75. The third-order valence-corrected chi connectivity index (χ3v) is 5.14. The molecule has 3 fully saturated rings. The van der Waals surface area contributed by atoms with Gasteiger partial charge in [0.15, 0.2) is 11.5 Å². The van der Waals surface area contributed by atoms with E-state index in [1.54, 1.807) is 7.11 Å². The Balaban J connectivity index is 1.70. The highest BCUT2D eigenvalue weighted by Gasteiger charge is 2.47. The summed E-state index contributed by atoms with van der Waals surface area (Å²) in [6.07, 6.45) is 2.50. The first kappa shape index (κ1) is 13.9. The lowest BCUT2D eigenvalue weighted by Gasteiger charge is -2.45. The summed E-state index contributed by atoms with van der Waals surface area (Å²) in [5.41, 5.74) is 5.85. The number of fused-ring (bicyclic) bond motifs is 2. The summed E-state index contributed by atoms with van der Waals surface area (Å²) in [5, 5.41) is 4.68. The van der Waals surface area contributed by atoms with Crippen molar-refractivity contribution in [2.75, 3.05) is 26.8 Å². The topological polar surface area (TPSA) is 46.1 Å². The third kappa shape index (κ3) is 1.99. The van der Waals surface area contributed by atoms with Crippen molar-refractivity contribution in [3.8, 4) is 11.5 Å². The highest BCUT2D eigenvalue weighted by molar-refractivity contribution is 5.95. The van der Waals surface area contributed by atoms with Crippen LogP contribution in [0.3, 0.4) is 0 Å². The second kappa shape index (κ2) is 5.47. The largest absolute Gasteiger partial charge is 0.492 e.